The zero-order valence-electron chi connectivity index (χ0n) is 11.5. The fourth-order valence-electron chi connectivity index (χ4n) is 2.55. The van der Waals surface area contributed by atoms with Crippen LogP contribution in [0.4, 0.5) is 0 Å². The van der Waals surface area contributed by atoms with Crippen molar-refractivity contribution in [3.8, 4) is 0 Å². The lowest BCUT2D eigenvalue weighted by Gasteiger charge is -2.32. The molecule has 0 spiro atoms. The van der Waals surface area contributed by atoms with Crippen LogP contribution < -0.4 is 5.69 Å². The molecule has 0 radical (unpaired) electrons. The van der Waals surface area contributed by atoms with Gasteiger partial charge in [0.2, 0.25) is 5.91 Å². The number of piperazine rings is 1. The van der Waals surface area contributed by atoms with E-state index >= 15 is 0 Å². The predicted molar refractivity (Wildman–Crippen MR) is 76.6 cm³/mol. The van der Waals surface area contributed by atoms with Crippen LogP contribution in [0.15, 0.2) is 29.1 Å². The first kappa shape index (κ1) is 12.9. The number of hydrogen-bond donors (Lipinski definition) is 1. The number of hydrogen-bond acceptors (Lipinski definition) is 3. The third kappa shape index (κ3) is 2.34. The lowest BCUT2D eigenvalue weighted by molar-refractivity contribution is -0.133. The van der Waals surface area contributed by atoms with Gasteiger partial charge >= 0.3 is 5.69 Å². The van der Waals surface area contributed by atoms with Gasteiger partial charge in [0, 0.05) is 26.2 Å². The zero-order valence-corrected chi connectivity index (χ0v) is 11.5. The molecule has 0 bridgehead atoms. The maximum Gasteiger partial charge on any atom is 0.326 e. The summed E-state index contributed by atoms with van der Waals surface area (Å²) in [6.07, 6.45) is 0. The van der Waals surface area contributed by atoms with Crippen molar-refractivity contribution in [1.82, 2.24) is 19.4 Å². The minimum atomic E-state index is -0.228. The number of likely N-dealkylation sites (N-methyl/N-ethyl adjacent to an activating group) is 1. The summed E-state index contributed by atoms with van der Waals surface area (Å²) in [6, 6.07) is 7.43. The van der Waals surface area contributed by atoms with E-state index in [0.717, 1.165) is 37.2 Å². The van der Waals surface area contributed by atoms with Crippen LogP contribution >= 0.6 is 0 Å². The second-order valence-electron chi connectivity index (χ2n) is 5.22. The molecule has 1 aliphatic rings. The smallest absolute Gasteiger partial charge is 0.326 e. The Balaban J connectivity index is 1.81. The van der Waals surface area contributed by atoms with E-state index in [1.807, 2.05) is 36.2 Å². The molecule has 1 N–H and O–H groups in total. The summed E-state index contributed by atoms with van der Waals surface area (Å²) >= 11 is 0. The van der Waals surface area contributed by atoms with Crippen molar-refractivity contribution in [2.75, 3.05) is 33.2 Å². The number of H-pyrrole nitrogens is 1. The molecule has 1 aromatic heterocycles. The highest BCUT2D eigenvalue weighted by Gasteiger charge is 2.20. The molecule has 6 nitrogen and oxygen atoms in total. The average Bonchev–Trinajstić information content (AvgIpc) is 2.76. The number of carbonyl (C=O) groups excluding carboxylic acids is 1. The van der Waals surface area contributed by atoms with Crippen LogP contribution in [0.25, 0.3) is 11.0 Å². The van der Waals surface area contributed by atoms with Crippen molar-refractivity contribution in [2.45, 2.75) is 6.54 Å². The number of imidazole rings is 1. The number of rotatable bonds is 2. The van der Waals surface area contributed by atoms with Crippen molar-refractivity contribution in [3.05, 3.63) is 34.7 Å². The summed E-state index contributed by atoms with van der Waals surface area (Å²) in [5.41, 5.74) is 1.32. The van der Waals surface area contributed by atoms with Crippen molar-refractivity contribution < 1.29 is 4.79 Å². The fourth-order valence-corrected chi connectivity index (χ4v) is 2.55. The van der Waals surface area contributed by atoms with Gasteiger partial charge in [-0.2, -0.15) is 0 Å². The van der Waals surface area contributed by atoms with E-state index in [4.69, 9.17) is 0 Å². The molecular formula is C14H18N4O2. The molecule has 0 saturated carbocycles. The van der Waals surface area contributed by atoms with Gasteiger partial charge in [-0.15, -0.1) is 0 Å². The Morgan fingerprint density at radius 1 is 1.20 bits per heavy atom. The molecule has 1 amide bonds. The average molecular weight is 274 g/mol. The molecule has 0 atom stereocenters. The second kappa shape index (κ2) is 5.13. The Morgan fingerprint density at radius 2 is 1.90 bits per heavy atom. The molecule has 1 saturated heterocycles. The molecule has 1 fully saturated rings. The number of aromatic amines is 1. The highest BCUT2D eigenvalue weighted by Crippen LogP contribution is 2.09. The first-order valence-corrected chi connectivity index (χ1v) is 6.79. The number of aromatic nitrogens is 2. The number of fused-ring (bicyclic) bond motifs is 1. The normalized spacial score (nSPS) is 16.8. The van der Waals surface area contributed by atoms with Crippen molar-refractivity contribution in [1.29, 1.82) is 0 Å². The number of benzene rings is 1. The van der Waals surface area contributed by atoms with Crippen LogP contribution in [0.2, 0.25) is 0 Å². The van der Waals surface area contributed by atoms with Gasteiger partial charge in [-0.1, -0.05) is 12.1 Å². The molecule has 2 heterocycles. The van der Waals surface area contributed by atoms with Gasteiger partial charge < -0.3 is 14.8 Å². The van der Waals surface area contributed by atoms with Crippen molar-refractivity contribution in [2.24, 2.45) is 0 Å². The number of nitrogens with one attached hydrogen (secondary N) is 1. The minimum absolute atomic E-state index is 0.00459. The molecule has 0 unspecified atom stereocenters. The van der Waals surface area contributed by atoms with Gasteiger partial charge in [0.15, 0.2) is 0 Å². The summed E-state index contributed by atoms with van der Waals surface area (Å²) < 4.78 is 1.51. The largest absolute Gasteiger partial charge is 0.339 e. The summed E-state index contributed by atoms with van der Waals surface area (Å²) in [7, 11) is 2.05. The van der Waals surface area contributed by atoms with E-state index in [-0.39, 0.29) is 18.1 Å². The SMILES string of the molecule is CN1CCN(C(=O)Cn2c(=O)[nH]c3ccccc32)CC1. The van der Waals surface area contributed by atoms with E-state index in [1.165, 1.54) is 4.57 Å². The quantitative estimate of drug-likeness (QED) is 0.845. The van der Waals surface area contributed by atoms with Crippen LogP contribution in [-0.4, -0.2) is 58.5 Å². The molecule has 3 rings (SSSR count). The second-order valence-corrected chi connectivity index (χ2v) is 5.22. The third-order valence-electron chi connectivity index (χ3n) is 3.83. The van der Waals surface area contributed by atoms with Crippen LogP contribution in [0.1, 0.15) is 0 Å². The Bertz CT molecular complexity index is 680. The van der Waals surface area contributed by atoms with E-state index in [0.29, 0.717) is 0 Å². The van der Waals surface area contributed by atoms with E-state index < -0.39 is 0 Å². The topological polar surface area (TPSA) is 61.3 Å². The monoisotopic (exact) mass is 274 g/mol. The molecule has 0 aliphatic carbocycles. The molecule has 6 heteroatoms. The highest BCUT2D eigenvalue weighted by molar-refractivity contribution is 5.80. The van der Waals surface area contributed by atoms with E-state index in [9.17, 15) is 9.59 Å². The maximum absolute atomic E-state index is 12.3. The number of para-hydroxylation sites is 2. The van der Waals surface area contributed by atoms with Gasteiger partial charge in [-0.05, 0) is 19.2 Å². The van der Waals surface area contributed by atoms with Crippen molar-refractivity contribution >= 4 is 16.9 Å². The molecule has 106 valence electrons. The minimum Gasteiger partial charge on any atom is -0.339 e. The molecule has 1 aromatic carbocycles. The lowest BCUT2D eigenvalue weighted by atomic mass is 10.3. The number of carbonyl (C=O) groups is 1. The fraction of sp³-hybridized carbons (Fsp3) is 0.429. The summed E-state index contributed by atoms with van der Waals surface area (Å²) in [6.45, 7) is 3.33. The molecule has 20 heavy (non-hydrogen) atoms. The Hall–Kier alpha value is -2.08. The standard InChI is InChI=1S/C14H18N4O2/c1-16-6-8-17(9-7-16)13(19)10-18-12-5-3-2-4-11(12)15-14(18)20/h2-5H,6-10H2,1H3,(H,15,20). The van der Waals surface area contributed by atoms with Gasteiger partial charge in [-0.25, -0.2) is 4.79 Å². The van der Waals surface area contributed by atoms with Crippen LogP contribution in [0.3, 0.4) is 0 Å². The first-order valence-electron chi connectivity index (χ1n) is 6.79. The summed E-state index contributed by atoms with van der Waals surface area (Å²) in [5, 5.41) is 0. The molecular weight excluding hydrogens is 256 g/mol. The van der Waals surface area contributed by atoms with Crippen LogP contribution in [0, 0.1) is 0 Å². The Labute approximate surface area is 116 Å². The lowest BCUT2D eigenvalue weighted by Crippen LogP contribution is -2.48. The zero-order chi connectivity index (χ0) is 14.1. The van der Waals surface area contributed by atoms with Gasteiger partial charge in [0.05, 0.1) is 11.0 Å². The van der Waals surface area contributed by atoms with Gasteiger partial charge in [0.25, 0.3) is 0 Å². The van der Waals surface area contributed by atoms with Gasteiger partial charge in [0.1, 0.15) is 6.54 Å². The summed E-state index contributed by atoms with van der Waals surface area (Å²) in [5.74, 6) is 0.00459. The van der Waals surface area contributed by atoms with Crippen LogP contribution in [-0.2, 0) is 11.3 Å². The maximum atomic E-state index is 12.3. The third-order valence-corrected chi connectivity index (χ3v) is 3.83. The highest BCUT2D eigenvalue weighted by atomic mass is 16.2. The van der Waals surface area contributed by atoms with Gasteiger partial charge in [-0.3, -0.25) is 9.36 Å². The predicted octanol–water partition coefficient (Wildman–Crippen LogP) is 0.104. The summed E-state index contributed by atoms with van der Waals surface area (Å²) in [4.78, 5) is 31.0. The Kier molecular flexibility index (Phi) is 3.31. The first-order chi connectivity index (χ1) is 9.65. The van der Waals surface area contributed by atoms with E-state index in [2.05, 4.69) is 9.88 Å². The molecule has 1 aliphatic heterocycles. The number of nitrogens with zero attached hydrogens (tertiary/aromatic N) is 3. The molecule has 2 aromatic rings. The van der Waals surface area contributed by atoms with E-state index in [1.54, 1.807) is 0 Å². The number of amides is 1. The Morgan fingerprint density at radius 3 is 2.65 bits per heavy atom. The van der Waals surface area contributed by atoms with Crippen LogP contribution in [0.5, 0.6) is 0 Å². The van der Waals surface area contributed by atoms with Crippen molar-refractivity contribution in [3.63, 3.8) is 0 Å².